The van der Waals surface area contributed by atoms with Gasteiger partial charge in [-0.05, 0) is 42.0 Å². The second kappa shape index (κ2) is 9.82. The number of rotatable bonds is 7. The molecular formula is C21H24F3N3O3. The van der Waals surface area contributed by atoms with Crippen LogP contribution >= 0.6 is 0 Å². The number of nitrogens with one attached hydrogen (secondary N) is 1. The number of nitrogens with zero attached hydrogens (tertiary/aromatic N) is 2. The van der Waals surface area contributed by atoms with Gasteiger partial charge in [0, 0.05) is 38.4 Å². The molecule has 1 aliphatic rings. The van der Waals surface area contributed by atoms with E-state index in [-0.39, 0.29) is 18.2 Å². The van der Waals surface area contributed by atoms with Crippen molar-refractivity contribution in [1.29, 1.82) is 0 Å². The maximum absolute atomic E-state index is 12.2. The lowest BCUT2D eigenvalue weighted by Gasteiger charge is -2.34. The number of benzene rings is 2. The molecule has 0 bridgehead atoms. The van der Waals surface area contributed by atoms with Gasteiger partial charge in [0.1, 0.15) is 11.5 Å². The predicted molar refractivity (Wildman–Crippen MR) is 106 cm³/mol. The fourth-order valence-electron chi connectivity index (χ4n) is 3.28. The van der Waals surface area contributed by atoms with E-state index in [2.05, 4.69) is 25.9 Å². The van der Waals surface area contributed by atoms with Crippen LogP contribution in [0.4, 0.5) is 18.9 Å². The van der Waals surface area contributed by atoms with Crippen molar-refractivity contribution in [2.45, 2.75) is 12.9 Å². The quantitative estimate of drug-likeness (QED) is 0.740. The Morgan fingerprint density at radius 3 is 2.30 bits per heavy atom. The molecule has 1 amide bonds. The van der Waals surface area contributed by atoms with Gasteiger partial charge in [0.2, 0.25) is 5.91 Å². The Balaban J connectivity index is 1.41. The van der Waals surface area contributed by atoms with Crippen molar-refractivity contribution in [3.8, 4) is 11.5 Å². The number of hydrogen-bond acceptors (Lipinski definition) is 5. The molecule has 0 unspecified atom stereocenters. The Kier molecular flexibility index (Phi) is 7.17. The zero-order valence-corrected chi connectivity index (χ0v) is 16.6. The second-order valence-electron chi connectivity index (χ2n) is 7.02. The molecule has 0 aliphatic carbocycles. The Bertz CT molecular complexity index is 835. The number of alkyl halides is 3. The van der Waals surface area contributed by atoms with E-state index in [1.54, 1.807) is 7.11 Å². The summed E-state index contributed by atoms with van der Waals surface area (Å²) in [6, 6.07) is 13.1. The third-order valence-corrected chi connectivity index (χ3v) is 4.74. The molecular weight excluding hydrogens is 399 g/mol. The van der Waals surface area contributed by atoms with Gasteiger partial charge in [0.05, 0.1) is 13.7 Å². The van der Waals surface area contributed by atoms with Crippen LogP contribution in [0.25, 0.3) is 0 Å². The van der Waals surface area contributed by atoms with Crippen molar-refractivity contribution in [3.63, 3.8) is 0 Å². The number of ether oxygens (including phenoxy) is 2. The van der Waals surface area contributed by atoms with Crippen molar-refractivity contribution < 1.29 is 27.4 Å². The molecule has 0 aromatic heterocycles. The van der Waals surface area contributed by atoms with Gasteiger partial charge >= 0.3 is 6.36 Å². The molecule has 2 aromatic rings. The summed E-state index contributed by atoms with van der Waals surface area (Å²) in [4.78, 5) is 16.6. The molecule has 0 radical (unpaired) electrons. The molecule has 162 valence electrons. The van der Waals surface area contributed by atoms with Crippen LogP contribution in [0.2, 0.25) is 0 Å². The van der Waals surface area contributed by atoms with Crippen LogP contribution in [0.5, 0.6) is 11.5 Å². The van der Waals surface area contributed by atoms with Crippen LogP contribution in [0.3, 0.4) is 0 Å². The van der Waals surface area contributed by atoms with Crippen molar-refractivity contribution in [1.82, 2.24) is 9.80 Å². The van der Waals surface area contributed by atoms with Crippen LogP contribution in [-0.4, -0.2) is 61.9 Å². The minimum atomic E-state index is -4.74. The lowest BCUT2D eigenvalue weighted by atomic mass is 10.2. The Hall–Kier alpha value is -2.78. The molecule has 1 aliphatic heterocycles. The maximum Gasteiger partial charge on any atom is 0.573 e. The van der Waals surface area contributed by atoms with Crippen LogP contribution < -0.4 is 14.8 Å². The van der Waals surface area contributed by atoms with E-state index in [9.17, 15) is 18.0 Å². The molecule has 1 saturated heterocycles. The van der Waals surface area contributed by atoms with Gasteiger partial charge in [-0.3, -0.25) is 14.6 Å². The van der Waals surface area contributed by atoms with Crippen molar-refractivity contribution in [3.05, 3.63) is 54.1 Å². The lowest BCUT2D eigenvalue weighted by molar-refractivity contribution is -0.274. The lowest BCUT2D eigenvalue weighted by Crippen LogP contribution is -2.48. The topological polar surface area (TPSA) is 54.0 Å². The molecule has 0 saturated carbocycles. The van der Waals surface area contributed by atoms with Gasteiger partial charge in [-0.2, -0.15) is 0 Å². The molecule has 0 spiro atoms. The largest absolute Gasteiger partial charge is 0.573 e. The number of anilines is 1. The van der Waals surface area contributed by atoms with Gasteiger partial charge in [0.25, 0.3) is 0 Å². The first-order valence-electron chi connectivity index (χ1n) is 9.54. The summed E-state index contributed by atoms with van der Waals surface area (Å²) < 4.78 is 45.6. The normalized spacial score (nSPS) is 15.6. The Morgan fingerprint density at radius 1 is 1.00 bits per heavy atom. The first-order valence-corrected chi connectivity index (χ1v) is 9.54. The SMILES string of the molecule is COc1cccc(CN2CCN(CC(=O)Nc3ccc(OC(F)(F)F)cc3)CC2)c1. The van der Waals surface area contributed by atoms with Gasteiger partial charge in [-0.15, -0.1) is 13.2 Å². The van der Waals surface area contributed by atoms with Crippen molar-refractivity contribution in [2.75, 3.05) is 45.2 Å². The summed E-state index contributed by atoms with van der Waals surface area (Å²) in [6.45, 7) is 4.25. The van der Waals surface area contributed by atoms with Crippen LogP contribution in [0.1, 0.15) is 5.56 Å². The van der Waals surface area contributed by atoms with E-state index in [0.29, 0.717) is 5.69 Å². The molecule has 1 heterocycles. The summed E-state index contributed by atoms with van der Waals surface area (Å²) in [7, 11) is 1.65. The van der Waals surface area contributed by atoms with Gasteiger partial charge < -0.3 is 14.8 Å². The van der Waals surface area contributed by atoms with E-state index in [1.807, 2.05) is 18.2 Å². The van der Waals surface area contributed by atoms with E-state index in [4.69, 9.17) is 4.74 Å². The first-order chi connectivity index (χ1) is 14.3. The van der Waals surface area contributed by atoms with Gasteiger partial charge in [-0.25, -0.2) is 0 Å². The number of methoxy groups -OCH3 is 1. The maximum atomic E-state index is 12.2. The predicted octanol–water partition coefficient (Wildman–Crippen LogP) is 3.35. The summed E-state index contributed by atoms with van der Waals surface area (Å²) in [6.07, 6.45) is -4.74. The highest BCUT2D eigenvalue weighted by atomic mass is 19.4. The third kappa shape index (κ3) is 6.93. The van der Waals surface area contributed by atoms with Crippen molar-refractivity contribution in [2.24, 2.45) is 0 Å². The molecule has 1 fully saturated rings. The zero-order valence-electron chi connectivity index (χ0n) is 16.6. The van der Waals surface area contributed by atoms with Crippen LogP contribution in [0.15, 0.2) is 48.5 Å². The molecule has 30 heavy (non-hydrogen) atoms. The number of piperazine rings is 1. The number of amides is 1. The third-order valence-electron chi connectivity index (χ3n) is 4.74. The first kappa shape index (κ1) is 21.9. The minimum absolute atomic E-state index is 0.208. The second-order valence-corrected chi connectivity index (χ2v) is 7.02. The van der Waals surface area contributed by atoms with E-state index >= 15 is 0 Å². The van der Waals surface area contributed by atoms with Crippen molar-refractivity contribution >= 4 is 11.6 Å². The number of halogens is 3. The molecule has 6 nitrogen and oxygen atoms in total. The van der Waals surface area contributed by atoms with E-state index in [1.165, 1.54) is 29.8 Å². The summed E-state index contributed by atoms with van der Waals surface area (Å²) in [5.74, 6) is 0.300. The summed E-state index contributed by atoms with van der Waals surface area (Å²) in [5.41, 5.74) is 1.60. The fraction of sp³-hybridized carbons (Fsp3) is 0.381. The zero-order chi connectivity index (χ0) is 21.6. The number of carbonyl (C=O) groups is 1. The fourth-order valence-corrected chi connectivity index (χ4v) is 3.28. The Morgan fingerprint density at radius 2 is 1.67 bits per heavy atom. The molecule has 1 N–H and O–H groups in total. The highest BCUT2D eigenvalue weighted by molar-refractivity contribution is 5.92. The minimum Gasteiger partial charge on any atom is -0.497 e. The van der Waals surface area contributed by atoms with E-state index in [0.717, 1.165) is 38.5 Å². The van der Waals surface area contributed by atoms with Gasteiger partial charge in [0.15, 0.2) is 0 Å². The van der Waals surface area contributed by atoms with Crippen LogP contribution in [0, 0.1) is 0 Å². The molecule has 9 heteroatoms. The summed E-state index contributed by atoms with van der Waals surface area (Å²) >= 11 is 0. The standard InChI is InChI=1S/C21H24F3N3O3/c1-29-19-4-2-3-16(13-19)14-26-9-11-27(12-10-26)15-20(28)25-17-5-7-18(8-6-17)30-21(22,23)24/h2-8,13H,9-12,14-15H2,1H3,(H,25,28). The van der Waals surface area contributed by atoms with E-state index < -0.39 is 6.36 Å². The highest BCUT2D eigenvalue weighted by Gasteiger charge is 2.31. The Labute approximate surface area is 173 Å². The highest BCUT2D eigenvalue weighted by Crippen LogP contribution is 2.24. The average molecular weight is 423 g/mol. The monoisotopic (exact) mass is 423 g/mol. The molecule has 0 atom stereocenters. The molecule has 3 rings (SSSR count). The number of hydrogen-bond donors (Lipinski definition) is 1. The average Bonchev–Trinajstić information content (AvgIpc) is 2.70. The molecule has 2 aromatic carbocycles. The van der Waals surface area contributed by atoms with Gasteiger partial charge in [-0.1, -0.05) is 12.1 Å². The smallest absolute Gasteiger partial charge is 0.497 e. The number of carbonyl (C=O) groups excluding carboxylic acids is 1. The van der Waals surface area contributed by atoms with Crippen LogP contribution in [-0.2, 0) is 11.3 Å². The summed E-state index contributed by atoms with van der Waals surface area (Å²) in [5, 5.41) is 2.70.